The van der Waals surface area contributed by atoms with Crippen molar-refractivity contribution in [3.05, 3.63) is 23.8 Å². The lowest BCUT2D eigenvalue weighted by atomic mass is 9.75. The summed E-state index contributed by atoms with van der Waals surface area (Å²) in [6.45, 7) is 4.46. The molecule has 23 heavy (non-hydrogen) atoms. The molecule has 0 aromatic heterocycles. The minimum absolute atomic E-state index is 0.104. The Labute approximate surface area is 137 Å². The highest BCUT2D eigenvalue weighted by Crippen LogP contribution is 2.37. The van der Waals surface area contributed by atoms with E-state index in [1.807, 2.05) is 0 Å². The predicted octanol–water partition coefficient (Wildman–Crippen LogP) is 2.50. The third-order valence-corrected chi connectivity index (χ3v) is 5.20. The van der Waals surface area contributed by atoms with E-state index in [1.165, 1.54) is 25.7 Å². The van der Waals surface area contributed by atoms with Gasteiger partial charge in [-0.2, -0.15) is 0 Å². The summed E-state index contributed by atoms with van der Waals surface area (Å²) >= 11 is 0. The fraction of sp³-hybridized carbons (Fsp3) is 0.562. The first-order valence-corrected chi connectivity index (χ1v) is 9.19. The molecule has 1 atom stereocenters. The average molecular weight is 340 g/mol. The molecule has 2 rings (SSSR count). The van der Waals surface area contributed by atoms with Crippen molar-refractivity contribution < 1.29 is 17.9 Å². The Morgan fingerprint density at radius 3 is 2.65 bits per heavy atom. The summed E-state index contributed by atoms with van der Waals surface area (Å²) in [5.74, 6) is -0.590. The van der Waals surface area contributed by atoms with Gasteiger partial charge in [-0.15, -0.1) is 0 Å². The van der Waals surface area contributed by atoms with Crippen LogP contribution in [0.2, 0.25) is 0 Å². The number of esters is 1. The van der Waals surface area contributed by atoms with Crippen molar-refractivity contribution in [3.8, 4) is 0 Å². The van der Waals surface area contributed by atoms with Gasteiger partial charge in [0.2, 0.25) is 10.0 Å². The summed E-state index contributed by atoms with van der Waals surface area (Å²) in [6.07, 6.45) is 4.30. The van der Waals surface area contributed by atoms with E-state index in [0.717, 1.165) is 19.3 Å². The SMILES string of the molecule is COC(=O)c1cc(S(N)(=O)=O)ccc1NC1CCCC(C)(C)C1. The van der Waals surface area contributed by atoms with Gasteiger partial charge in [-0.3, -0.25) is 0 Å². The summed E-state index contributed by atoms with van der Waals surface area (Å²) in [5.41, 5.74) is 1.01. The first-order chi connectivity index (χ1) is 10.6. The Balaban J connectivity index is 2.32. The summed E-state index contributed by atoms with van der Waals surface area (Å²) in [5, 5.41) is 8.50. The van der Waals surface area contributed by atoms with Gasteiger partial charge >= 0.3 is 5.97 Å². The molecular formula is C16H24N2O4S. The van der Waals surface area contributed by atoms with Crippen molar-refractivity contribution in [2.24, 2.45) is 10.6 Å². The van der Waals surface area contributed by atoms with E-state index in [2.05, 4.69) is 19.2 Å². The molecule has 6 nitrogen and oxygen atoms in total. The second-order valence-electron chi connectivity index (χ2n) is 6.85. The van der Waals surface area contributed by atoms with Crippen LogP contribution in [0.3, 0.4) is 0 Å². The zero-order valence-corrected chi connectivity index (χ0v) is 14.6. The Bertz CT molecular complexity index is 698. The zero-order valence-electron chi connectivity index (χ0n) is 13.8. The number of hydrogen-bond donors (Lipinski definition) is 2. The van der Waals surface area contributed by atoms with E-state index in [0.29, 0.717) is 5.69 Å². The topological polar surface area (TPSA) is 98.5 Å². The van der Waals surface area contributed by atoms with Crippen LogP contribution in [0, 0.1) is 5.41 Å². The van der Waals surface area contributed by atoms with Crippen molar-refractivity contribution in [2.45, 2.75) is 50.5 Å². The number of nitrogens with two attached hydrogens (primary N) is 1. The number of benzene rings is 1. The number of methoxy groups -OCH3 is 1. The van der Waals surface area contributed by atoms with Crippen LogP contribution in [0.4, 0.5) is 5.69 Å². The standard InChI is InChI=1S/C16H24N2O4S/c1-16(2)8-4-5-11(10-16)18-14-7-6-12(23(17,20)21)9-13(14)15(19)22-3/h6-7,9,11,18H,4-5,8,10H2,1-3H3,(H2,17,20,21). The minimum Gasteiger partial charge on any atom is -0.465 e. The molecule has 3 N–H and O–H groups in total. The Hall–Kier alpha value is -1.60. The molecule has 1 aromatic carbocycles. The second-order valence-corrected chi connectivity index (χ2v) is 8.41. The van der Waals surface area contributed by atoms with E-state index in [-0.39, 0.29) is 21.9 Å². The van der Waals surface area contributed by atoms with Gasteiger partial charge in [0.15, 0.2) is 0 Å². The van der Waals surface area contributed by atoms with Crippen LogP contribution >= 0.6 is 0 Å². The molecule has 1 aliphatic rings. The number of nitrogens with one attached hydrogen (secondary N) is 1. The highest BCUT2D eigenvalue weighted by atomic mass is 32.2. The second kappa shape index (κ2) is 6.49. The molecule has 1 aromatic rings. The first kappa shape index (κ1) is 17.7. The molecule has 0 radical (unpaired) electrons. The molecule has 1 aliphatic carbocycles. The van der Waals surface area contributed by atoms with Crippen LogP contribution in [0.1, 0.15) is 49.9 Å². The molecule has 0 heterocycles. The summed E-state index contributed by atoms with van der Waals surface area (Å²) in [6, 6.07) is 4.48. The monoisotopic (exact) mass is 340 g/mol. The van der Waals surface area contributed by atoms with Gasteiger partial charge in [-0.05, 0) is 42.9 Å². The Morgan fingerprint density at radius 2 is 2.09 bits per heavy atom. The van der Waals surface area contributed by atoms with Crippen molar-refractivity contribution in [2.75, 3.05) is 12.4 Å². The third-order valence-electron chi connectivity index (χ3n) is 4.29. The largest absolute Gasteiger partial charge is 0.465 e. The lowest BCUT2D eigenvalue weighted by Crippen LogP contribution is -2.32. The van der Waals surface area contributed by atoms with Crippen LogP contribution in [0.5, 0.6) is 0 Å². The van der Waals surface area contributed by atoms with E-state index in [9.17, 15) is 13.2 Å². The van der Waals surface area contributed by atoms with E-state index in [4.69, 9.17) is 9.88 Å². The van der Waals surface area contributed by atoms with Gasteiger partial charge < -0.3 is 10.1 Å². The number of carbonyl (C=O) groups is 1. The van der Waals surface area contributed by atoms with Crippen LogP contribution in [-0.4, -0.2) is 27.5 Å². The molecule has 1 saturated carbocycles. The lowest BCUT2D eigenvalue weighted by Gasteiger charge is -2.36. The fourth-order valence-electron chi connectivity index (χ4n) is 3.15. The smallest absolute Gasteiger partial charge is 0.340 e. The average Bonchev–Trinajstić information content (AvgIpc) is 2.44. The minimum atomic E-state index is -3.87. The maximum Gasteiger partial charge on any atom is 0.340 e. The number of hydrogen-bond acceptors (Lipinski definition) is 5. The molecule has 0 amide bonds. The van der Waals surface area contributed by atoms with E-state index < -0.39 is 16.0 Å². The molecule has 1 unspecified atom stereocenters. The Kier molecular flexibility index (Phi) is 5.01. The Morgan fingerprint density at radius 1 is 1.39 bits per heavy atom. The third kappa shape index (κ3) is 4.45. The number of primary sulfonamides is 1. The molecule has 1 fully saturated rings. The fourth-order valence-corrected chi connectivity index (χ4v) is 3.69. The molecule has 0 saturated heterocycles. The van der Waals surface area contributed by atoms with Crippen LogP contribution in [0.15, 0.2) is 23.1 Å². The zero-order chi connectivity index (χ0) is 17.3. The highest BCUT2D eigenvalue weighted by molar-refractivity contribution is 7.89. The van der Waals surface area contributed by atoms with Gasteiger partial charge in [-0.25, -0.2) is 18.4 Å². The molecule has 0 bridgehead atoms. The number of carbonyl (C=O) groups excluding carboxylic acids is 1. The van der Waals surface area contributed by atoms with Gasteiger partial charge in [-0.1, -0.05) is 20.3 Å². The number of sulfonamides is 1. The highest BCUT2D eigenvalue weighted by Gasteiger charge is 2.29. The van der Waals surface area contributed by atoms with Crippen LogP contribution < -0.4 is 10.5 Å². The van der Waals surface area contributed by atoms with Gasteiger partial charge in [0.25, 0.3) is 0 Å². The quantitative estimate of drug-likeness (QED) is 0.821. The maximum atomic E-state index is 12.0. The lowest BCUT2D eigenvalue weighted by molar-refractivity contribution is 0.0601. The maximum absolute atomic E-state index is 12.0. The number of ether oxygens (including phenoxy) is 1. The van der Waals surface area contributed by atoms with Gasteiger partial charge in [0, 0.05) is 11.7 Å². The van der Waals surface area contributed by atoms with Crippen molar-refractivity contribution in [3.63, 3.8) is 0 Å². The molecule has 0 aliphatic heterocycles. The predicted molar refractivity (Wildman–Crippen MR) is 88.8 cm³/mol. The van der Waals surface area contributed by atoms with Crippen LogP contribution in [-0.2, 0) is 14.8 Å². The van der Waals surface area contributed by atoms with Crippen molar-refractivity contribution in [1.29, 1.82) is 0 Å². The molecular weight excluding hydrogens is 316 g/mol. The molecule has 0 spiro atoms. The normalized spacial score (nSPS) is 20.8. The summed E-state index contributed by atoms with van der Waals surface area (Å²) in [4.78, 5) is 11.9. The number of rotatable bonds is 4. The first-order valence-electron chi connectivity index (χ1n) is 7.64. The molecule has 128 valence electrons. The van der Waals surface area contributed by atoms with Crippen molar-refractivity contribution >= 4 is 21.7 Å². The number of anilines is 1. The van der Waals surface area contributed by atoms with E-state index >= 15 is 0 Å². The van der Waals surface area contributed by atoms with Gasteiger partial charge in [0.1, 0.15) is 0 Å². The van der Waals surface area contributed by atoms with Crippen molar-refractivity contribution in [1.82, 2.24) is 0 Å². The molecule has 7 heteroatoms. The summed E-state index contributed by atoms with van der Waals surface area (Å²) in [7, 11) is -2.61. The van der Waals surface area contributed by atoms with E-state index in [1.54, 1.807) is 6.07 Å². The summed E-state index contributed by atoms with van der Waals surface area (Å²) < 4.78 is 27.7. The van der Waals surface area contributed by atoms with Crippen LogP contribution in [0.25, 0.3) is 0 Å². The van der Waals surface area contributed by atoms with Gasteiger partial charge in [0.05, 0.1) is 17.6 Å².